The van der Waals surface area contributed by atoms with Crippen LogP contribution in [0, 0.1) is 0 Å². The molecule has 194 valence electrons. The number of nitrogens with zero attached hydrogens (tertiary/aromatic N) is 1. The van der Waals surface area contributed by atoms with Crippen molar-refractivity contribution in [3.05, 3.63) is 106 Å². The van der Waals surface area contributed by atoms with Crippen molar-refractivity contribution in [2.75, 3.05) is 11.5 Å². The van der Waals surface area contributed by atoms with Gasteiger partial charge in [-0.1, -0.05) is 35.9 Å². The molecule has 0 radical (unpaired) electrons. The van der Waals surface area contributed by atoms with E-state index < -0.39 is 17.1 Å². The molecule has 0 unspecified atom stereocenters. The van der Waals surface area contributed by atoms with Gasteiger partial charge in [0.05, 0.1) is 22.8 Å². The zero-order valence-corrected chi connectivity index (χ0v) is 22.1. The van der Waals surface area contributed by atoms with Gasteiger partial charge in [0.25, 0.3) is 11.1 Å². The van der Waals surface area contributed by atoms with E-state index in [2.05, 4.69) is 6.58 Å². The molecule has 0 aliphatic carbocycles. The number of halogens is 1. The molecule has 2 amide bonds. The van der Waals surface area contributed by atoms with Gasteiger partial charge in [0.1, 0.15) is 6.61 Å². The lowest BCUT2D eigenvalue weighted by atomic mass is 10.0. The Morgan fingerprint density at radius 1 is 1.11 bits per heavy atom. The molecule has 1 saturated heterocycles. The van der Waals surface area contributed by atoms with E-state index in [1.165, 1.54) is 12.1 Å². The van der Waals surface area contributed by atoms with Gasteiger partial charge in [0.15, 0.2) is 11.5 Å². The molecule has 0 aromatic heterocycles. The molecule has 1 aliphatic rings. The van der Waals surface area contributed by atoms with Gasteiger partial charge in [0, 0.05) is 10.6 Å². The molecule has 38 heavy (non-hydrogen) atoms. The quantitative estimate of drug-likeness (QED) is 0.215. The van der Waals surface area contributed by atoms with Crippen LogP contribution in [-0.2, 0) is 17.8 Å². The summed E-state index contributed by atoms with van der Waals surface area (Å²) in [7, 11) is 0. The topological polar surface area (TPSA) is 93.1 Å². The zero-order chi connectivity index (χ0) is 27.2. The molecule has 4 rings (SSSR count). The van der Waals surface area contributed by atoms with Gasteiger partial charge in [-0.05, 0) is 84.8 Å². The highest BCUT2D eigenvalue weighted by atomic mass is 35.5. The molecule has 3 aromatic rings. The third-order valence-corrected chi connectivity index (χ3v) is 6.66. The average Bonchev–Trinajstić information content (AvgIpc) is 3.16. The number of anilines is 1. The standard InChI is InChI=1S/C29H24ClNO6S/c1-3-6-21-13-19(15-25-27(32)31(29(35)38-25)23-8-5-7-22(30)16-23)14-24(36-4-2)26(21)37-17-18-9-11-20(12-10-18)28(33)34/h3,5,7-16H,1,4,6,17H2,2H3,(H,33,34)/b25-15+. The van der Waals surface area contributed by atoms with Crippen molar-refractivity contribution >= 4 is 52.2 Å². The fraction of sp³-hybridized carbons (Fsp3) is 0.138. The van der Waals surface area contributed by atoms with Crippen LogP contribution in [-0.4, -0.2) is 28.8 Å². The molecule has 1 fully saturated rings. The molecule has 1 aliphatic heterocycles. The second-order valence-corrected chi connectivity index (χ2v) is 9.65. The molecule has 0 saturated carbocycles. The first kappa shape index (κ1) is 27.0. The highest BCUT2D eigenvalue weighted by Gasteiger charge is 2.36. The minimum absolute atomic E-state index is 0.195. The molecule has 3 aromatic carbocycles. The van der Waals surface area contributed by atoms with E-state index in [1.807, 2.05) is 13.0 Å². The van der Waals surface area contributed by atoms with Crippen molar-refractivity contribution in [2.45, 2.75) is 20.0 Å². The fourth-order valence-corrected chi connectivity index (χ4v) is 4.88. The van der Waals surface area contributed by atoms with Crippen molar-refractivity contribution in [3.63, 3.8) is 0 Å². The largest absolute Gasteiger partial charge is 0.490 e. The van der Waals surface area contributed by atoms with E-state index in [1.54, 1.807) is 54.6 Å². The summed E-state index contributed by atoms with van der Waals surface area (Å²) in [6.07, 6.45) is 3.86. The van der Waals surface area contributed by atoms with Crippen LogP contribution in [0.2, 0.25) is 5.02 Å². The number of thioether (sulfide) groups is 1. The number of carboxylic acid groups (broad SMARTS) is 1. The number of carbonyl (C=O) groups excluding carboxylic acids is 2. The Morgan fingerprint density at radius 2 is 1.87 bits per heavy atom. The number of carbonyl (C=O) groups is 3. The number of imide groups is 1. The second kappa shape index (κ2) is 12.0. The molecule has 0 atom stereocenters. The van der Waals surface area contributed by atoms with Gasteiger partial charge in [-0.2, -0.15) is 0 Å². The highest BCUT2D eigenvalue weighted by molar-refractivity contribution is 8.19. The van der Waals surface area contributed by atoms with Crippen molar-refractivity contribution in [3.8, 4) is 11.5 Å². The lowest BCUT2D eigenvalue weighted by Crippen LogP contribution is -2.27. The van der Waals surface area contributed by atoms with Gasteiger partial charge in [0.2, 0.25) is 0 Å². The van der Waals surface area contributed by atoms with Gasteiger partial charge >= 0.3 is 5.97 Å². The van der Waals surface area contributed by atoms with Crippen molar-refractivity contribution in [2.24, 2.45) is 0 Å². The van der Waals surface area contributed by atoms with E-state index in [0.717, 1.165) is 27.8 Å². The maximum absolute atomic E-state index is 13.1. The number of hydrogen-bond acceptors (Lipinski definition) is 6. The minimum atomic E-state index is -0.995. The lowest BCUT2D eigenvalue weighted by Gasteiger charge is -2.17. The zero-order valence-electron chi connectivity index (χ0n) is 20.5. The summed E-state index contributed by atoms with van der Waals surface area (Å²) in [6, 6.07) is 16.6. The number of rotatable bonds is 10. The number of aromatic carboxylic acids is 1. The number of benzene rings is 3. The first-order chi connectivity index (χ1) is 18.3. The molecular weight excluding hydrogens is 526 g/mol. The minimum Gasteiger partial charge on any atom is -0.490 e. The fourth-order valence-electron chi connectivity index (χ4n) is 3.86. The number of allylic oxidation sites excluding steroid dienone is 1. The third kappa shape index (κ3) is 6.10. The molecule has 1 heterocycles. The second-order valence-electron chi connectivity index (χ2n) is 8.22. The summed E-state index contributed by atoms with van der Waals surface area (Å²) >= 11 is 6.90. The molecular formula is C29H24ClNO6S. The van der Waals surface area contributed by atoms with Crippen molar-refractivity contribution < 1.29 is 29.0 Å². The monoisotopic (exact) mass is 549 g/mol. The number of hydrogen-bond donors (Lipinski definition) is 1. The van der Waals surface area contributed by atoms with E-state index in [0.29, 0.717) is 40.8 Å². The van der Waals surface area contributed by atoms with Crippen LogP contribution < -0.4 is 14.4 Å². The predicted molar refractivity (Wildman–Crippen MR) is 149 cm³/mol. The summed E-state index contributed by atoms with van der Waals surface area (Å²) in [4.78, 5) is 38.3. The molecule has 0 bridgehead atoms. The summed E-state index contributed by atoms with van der Waals surface area (Å²) in [6.45, 7) is 6.26. The smallest absolute Gasteiger partial charge is 0.335 e. The summed E-state index contributed by atoms with van der Waals surface area (Å²) in [5, 5.41) is 9.12. The summed E-state index contributed by atoms with van der Waals surface area (Å²) < 4.78 is 12.0. The van der Waals surface area contributed by atoms with Gasteiger partial charge in [-0.3, -0.25) is 9.59 Å². The van der Waals surface area contributed by atoms with Crippen molar-refractivity contribution in [1.82, 2.24) is 0 Å². The van der Waals surface area contributed by atoms with Gasteiger partial charge in [-0.15, -0.1) is 6.58 Å². The van der Waals surface area contributed by atoms with Crippen LogP contribution in [0.25, 0.3) is 6.08 Å². The van der Waals surface area contributed by atoms with Crippen molar-refractivity contribution in [1.29, 1.82) is 0 Å². The lowest BCUT2D eigenvalue weighted by molar-refractivity contribution is -0.113. The normalized spacial score (nSPS) is 14.2. The maximum atomic E-state index is 13.1. The number of ether oxygens (including phenoxy) is 2. The van der Waals surface area contributed by atoms with Crippen LogP contribution in [0.3, 0.4) is 0 Å². The number of amides is 2. The van der Waals surface area contributed by atoms with Gasteiger partial charge < -0.3 is 14.6 Å². The third-order valence-electron chi connectivity index (χ3n) is 5.56. The molecule has 9 heteroatoms. The Morgan fingerprint density at radius 3 is 2.53 bits per heavy atom. The van der Waals surface area contributed by atoms with Crippen LogP contribution >= 0.6 is 23.4 Å². The average molecular weight is 550 g/mol. The highest BCUT2D eigenvalue weighted by Crippen LogP contribution is 2.39. The predicted octanol–water partition coefficient (Wildman–Crippen LogP) is 6.99. The van der Waals surface area contributed by atoms with Crippen LogP contribution in [0.15, 0.2) is 78.2 Å². The summed E-state index contributed by atoms with van der Waals surface area (Å²) in [5.74, 6) is -0.423. The Balaban J connectivity index is 1.64. The van der Waals surface area contributed by atoms with E-state index in [4.69, 9.17) is 26.2 Å². The Kier molecular flexibility index (Phi) is 8.55. The first-order valence-corrected chi connectivity index (χ1v) is 12.9. The Hall–Kier alpha value is -4.01. The molecule has 7 nitrogen and oxygen atoms in total. The first-order valence-electron chi connectivity index (χ1n) is 11.7. The summed E-state index contributed by atoms with van der Waals surface area (Å²) in [5.41, 5.74) is 2.85. The maximum Gasteiger partial charge on any atom is 0.335 e. The molecule has 1 N–H and O–H groups in total. The van der Waals surface area contributed by atoms with Crippen LogP contribution in [0.5, 0.6) is 11.5 Å². The van der Waals surface area contributed by atoms with E-state index in [-0.39, 0.29) is 17.1 Å². The Labute approximate surface area is 229 Å². The van der Waals surface area contributed by atoms with Crippen LogP contribution in [0.4, 0.5) is 10.5 Å². The number of carboxylic acids is 1. The van der Waals surface area contributed by atoms with E-state index in [9.17, 15) is 14.4 Å². The SMILES string of the molecule is C=CCc1cc(/C=C2/SC(=O)N(c3cccc(Cl)c3)C2=O)cc(OCC)c1OCc1ccc(C(=O)O)cc1. The molecule has 0 spiro atoms. The van der Waals surface area contributed by atoms with E-state index >= 15 is 0 Å². The van der Waals surface area contributed by atoms with Gasteiger partial charge in [-0.25, -0.2) is 9.69 Å². The van der Waals surface area contributed by atoms with Crippen LogP contribution in [0.1, 0.15) is 34.0 Å². The Bertz CT molecular complexity index is 1430.